The van der Waals surface area contributed by atoms with Crippen molar-refractivity contribution in [1.29, 1.82) is 0 Å². The molecule has 0 aliphatic heterocycles. The molecule has 80 valence electrons. The van der Waals surface area contributed by atoms with E-state index in [-0.39, 0.29) is 0 Å². The van der Waals surface area contributed by atoms with Crippen LogP contribution in [0.5, 0.6) is 0 Å². The zero-order chi connectivity index (χ0) is 11.0. The normalized spacial score (nSPS) is 11.3. The van der Waals surface area contributed by atoms with Gasteiger partial charge in [0.2, 0.25) is 0 Å². The molecule has 0 fully saturated rings. The Kier molecular flexibility index (Phi) is 2.15. The lowest BCUT2D eigenvalue weighted by molar-refractivity contribution is 0.185. The molecular formula is C14H12O2. The van der Waals surface area contributed by atoms with E-state index < -0.39 is 0 Å². The lowest BCUT2D eigenvalue weighted by atomic mass is 10.1. The van der Waals surface area contributed by atoms with E-state index in [1.807, 2.05) is 30.3 Å². The van der Waals surface area contributed by atoms with Crippen LogP contribution in [0, 0.1) is 0 Å². The number of benzene rings is 2. The molecule has 0 aliphatic carbocycles. The summed E-state index contributed by atoms with van der Waals surface area (Å²) in [6, 6.07) is 14.3. The Morgan fingerprint density at radius 2 is 1.81 bits per heavy atom. The van der Waals surface area contributed by atoms with E-state index in [4.69, 9.17) is 9.15 Å². The molecule has 0 unspecified atom stereocenters. The highest BCUT2D eigenvalue weighted by molar-refractivity contribution is 6.04. The van der Waals surface area contributed by atoms with Crippen molar-refractivity contribution in [2.24, 2.45) is 0 Å². The average Bonchev–Trinajstić information content (AvgIpc) is 2.68. The summed E-state index contributed by atoms with van der Waals surface area (Å²) in [6.45, 7) is 0.634. The molecule has 1 heterocycles. The van der Waals surface area contributed by atoms with Crippen molar-refractivity contribution < 1.29 is 9.15 Å². The third-order valence-corrected chi connectivity index (χ3v) is 2.75. The zero-order valence-corrected chi connectivity index (χ0v) is 9.07. The van der Waals surface area contributed by atoms with E-state index >= 15 is 0 Å². The molecule has 0 radical (unpaired) electrons. The molecule has 0 N–H and O–H groups in total. The van der Waals surface area contributed by atoms with E-state index in [1.54, 1.807) is 7.11 Å². The predicted octanol–water partition coefficient (Wildman–Crippen LogP) is 3.73. The van der Waals surface area contributed by atoms with Crippen LogP contribution < -0.4 is 0 Å². The number of fused-ring (bicyclic) bond motifs is 3. The molecule has 0 bridgehead atoms. The van der Waals surface area contributed by atoms with Crippen molar-refractivity contribution in [3.63, 3.8) is 0 Å². The first-order valence-electron chi connectivity index (χ1n) is 5.27. The fraction of sp³-hybridized carbons (Fsp3) is 0.143. The number of hydrogen-bond donors (Lipinski definition) is 0. The SMILES string of the molecule is COCc1ccc2oc3ccccc3c2c1. The molecule has 2 aromatic carbocycles. The van der Waals surface area contributed by atoms with Crippen LogP contribution in [-0.4, -0.2) is 7.11 Å². The maximum Gasteiger partial charge on any atom is 0.135 e. The van der Waals surface area contributed by atoms with Crippen molar-refractivity contribution in [3.8, 4) is 0 Å². The summed E-state index contributed by atoms with van der Waals surface area (Å²) in [5, 5.41) is 2.32. The van der Waals surface area contributed by atoms with Crippen LogP contribution in [0.4, 0.5) is 0 Å². The molecule has 3 rings (SSSR count). The van der Waals surface area contributed by atoms with Crippen molar-refractivity contribution in [3.05, 3.63) is 48.0 Å². The molecule has 1 aromatic heterocycles. The second-order valence-electron chi connectivity index (χ2n) is 3.86. The van der Waals surface area contributed by atoms with Gasteiger partial charge in [-0.1, -0.05) is 24.3 Å². The van der Waals surface area contributed by atoms with Gasteiger partial charge in [-0.05, 0) is 23.8 Å². The monoisotopic (exact) mass is 212 g/mol. The molecule has 3 aromatic rings. The Morgan fingerprint density at radius 1 is 1.00 bits per heavy atom. The molecular weight excluding hydrogens is 200 g/mol. The van der Waals surface area contributed by atoms with E-state index in [9.17, 15) is 0 Å². The lowest BCUT2D eigenvalue weighted by Crippen LogP contribution is -1.85. The lowest BCUT2D eigenvalue weighted by Gasteiger charge is -1.98. The Hall–Kier alpha value is -1.80. The predicted molar refractivity (Wildman–Crippen MR) is 64.4 cm³/mol. The minimum Gasteiger partial charge on any atom is -0.456 e. The van der Waals surface area contributed by atoms with Crippen LogP contribution in [0.25, 0.3) is 21.9 Å². The fourth-order valence-electron chi connectivity index (χ4n) is 2.03. The number of ether oxygens (including phenoxy) is 1. The maximum atomic E-state index is 5.74. The van der Waals surface area contributed by atoms with Gasteiger partial charge in [-0.3, -0.25) is 0 Å². The summed E-state index contributed by atoms with van der Waals surface area (Å²) in [7, 11) is 1.71. The number of para-hydroxylation sites is 1. The number of furan rings is 1. The van der Waals surface area contributed by atoms with Crippen LogP contribution >= 0.6 is 0 Å². The smallest absolute Gasteiger partial charge is 0.135 e. The molecule has 0 amide bonds. The molecule has 2 heteroatoms. The van der Waals surface area contributed by atoms with Crippen molar-refractivity contribution in [2.45, 2.75) is 6.61 Å². The summed E-state index contributed by atoms with van der Waals surface area (Å²) in [4.78, 5) is 0. The third kappa shape index (κ3) is 1.39. The van der Waals surface area contributed by atoms with Gasteiger partial charge in [0, 0.05) is 17.9 Å². The van der Waals surface area contributed by atoms with Crippen molar-refractivity contribution in [1.82, 2.24) is 0 Å². The maximum absolute atomic E-state index is 5.74. The van der Waals surface area contributed by atoms with Gasteiger partial charge in [0.1, 0.15) is 11.2 Å². The summed E-state index contributed by atoms with van der Waals surface area (Å²) in [5.41, 5.74) is 3.04. The van der Waals surface area contributed by atoms with E-state index in [1.165, 1.54) is 5.56 Å². The number of hydrogen-bond acceptors (Lipinski definition) is 2. The molecule has 0 saturated carbocycles. The first kappa shape index (κ1) is 9.43. The van der Waals surface area contributed by atoms with Crippen molar-refractivity contribution >= 4 is 21.9 Å². The van der Waals surface area contributed by atoms with Gasteiger partial charge in [-0.2, -0.15) is 0 Å². The summed E-state index contributed by atoms with van der Waals surface area (Å²) in [5.74, 6) is 0. The first-order chi connectivity index (χ1) is 7.88. The standard InChI is InChI=1S/C14H12O2/c1-15-9-10-6-7-14-12(8-10)11-4-2-3-5-13(11)16-14/h2-8H,9H2,1H3. The van der Waals surface area contributed by atoms with E-state index in [0.29, 0.717) is 6.61 Å². The van der Waals surface area contributed by atoms with E-state index in [0.717, 1.165) is 21.9 Å². The van der Waals surface area contributed by atoms with Crippen LogP contribution in [-0.2, 0) is 11.3 Å². The van der Waals surface area contributed by atoms with Gasteiger partial charge in [-0.15, -0.1) is 0 Å². The minimum atomic E-state index is 0.634. The van der Waals surface area contributed by atoms with Gasteiger partial charge in [-0.25, -0.2) is 0 Å². The summed E-state index contributed by atoms with van der Waals surface area (Å²) < 4.78 is 10.9. The van der Waals surface area contributed by atoms with Gasteiger partial charge < -0.3 is 9.15 Å². The highest BCUT2D eigenvalue weighted by Crippen LogP contribution is 2.29. The van der Waals surface area contributed by atoms with Crippen LogP contribution in [0.1, 0.15) is 5.56 Å². The first-order valence-corrected chi connectivity index (χ1v) is 5.27. The molecule has 0 spiro atoms. The average molecular weight is 212 g/mol. The number of methoxy groups -OCH3 is 1. The fourth-order valence-corrected chi connectivity index (χ4v) is 2.03. The highest BCUT2D eigenvalue weighted by Gasteiger charge is 2.06. The van der Waals surface area contributed by atoms with Crippen LogP contribution in [0.3, 0.4) is 0 Å². The van der Waals surface area contributed by atoms with Gasteiger partial charge >= 0.3 is 0 Å². The van der Waals surface area contributed by atoms with Gasteiger partial charge in [0.25, 0.3) is 0 Å². The Bertz CT molecular complexity index is 637. The van der Waals surface area contributed by atoms with E-state index in [2.05, 4.69) is 12.1 Å². The Morgan fingerprint density at radius 3 is 2.69 bits per heavy atom. The minimum absolute atomic E-state index is 0.634. The molecule has 16 heavy (non-hydrogen) atoms. The molecule has 0 atom stereocenters. The Balaban J connectivity index is 2.31. The van der Waals surface area contributed by atoms with Crippen molar-refractivity contribution in [2.75, 3.05) is 7.11 Å². The topological polar surface area (TPSA) is 22.4 Å². The zero-order valence-electron chi connectivity index (χ0n) is 9.07. The largest absolute Gasteiger partial charge is 0.456 e. The number of rotatable bonds is 2. The molecule has 0 saturated heterocycles. The summed E-state index contributed by atoms with van der Waals surface area (Å²) in [6.07, 6.45) is 0. The van der Waals surface area contributed by atoms with Crippen LogP contribution in [0.15, 0.2) is 46.9 Å². The second-order valence-corrected chi connectivity index (χ2v) is 3.86. The Labute approximate surface area is 93.4 Å². The van der Waals surface area contributed by atoms with Gasteiger partial charge in [0.05, 0.1) is 6.61 Å². The van der Waals surface area contributed by atoms with Gasteiger partial charge in [0.15, 0.2) is 0 Å². The summed E-state index contributed by atoms with van der Waals surface area (Å²) >= 11 is 0. The van der Waals surface area contributed by atoms with Crippen LogP contribution in [0.2, 0.25) is 0 Å². The molecule has 0 aliphatic rings. The quantitative estimate of drug-likeness (QED) is 0.645. The molecule has 2 nitrogen and oxygen atoms in total. The third-order valence-electron chi connectivity index (χ3n) is 2.75. The highest BCUT2D eigenvalue weighted by atomic mass is 16.5. The second kappa shape index (κ2) is 3.65.